The van der Waals surface area contributed by atoms with E-state index in [1.807, 2.05) is 63.4 Å². The number of likely N-dealkylation sites (N-methyl/N-ethyl adjacent to an activating group) is 2. The molecule has 47 heavy (non-hydrogen) atoms. The number of piperazine rings is 1. The minimum absolute atomic E-state index is 0.0583. The van der Waals surface area contributed by atoms with Gasteiger partial charge in [-0.25, -0.2) is 4.98 Å². The van der Waals surface area contributed by atoms with E-state index in [1.54, 1.807) is 24.2 Å². The molecule has 1 aliphatic heterocycles. The number of nitrogens with zero attached hydrogens (tertiary/aromatic N) is 3. The molecular weight excluding hydrogens is 616 g/mol. The fraction of sp³-hybridized carbons (Fsp3) is 0.457. The molecule has 252 valence electrons. The first kappa shape index (κ1) is 35.8. The van der Waals surface area contributed by atoms with Crippen LogP contribution in [0.4, 0.5) is 0 Å². The SMILES string of the molecule is C[NH2+]C(=CC=N)C(=O)NC(c1nc2ccc(C(C)(C)C(=O)NC(C)C(=O)N3CCN(C)CC3)cc2[nH]1)C(c1ccccc1Cl)C(C)C. The normalized spacial score (nSPS) is 16.5. The Morgan fingerprint density at radius 3 is 2.36 bits per heavy atom. The van der Waals surface area contributed by atoms with Gasteiger partial charge in [-0.1, -0.05) is 49.7 Å². The Kier molecular flexibility index (Phi) is 11.6. The van der Waals surface area contributed by atoms with Gasteiger partial charge in [0, 0.05) is 49.4 Å². The molecule has 1 aromatic heterocycles. The van der Waals surface area contributed by atoms with E-state index in [9.17, 15) is 14.4 Å². The Balaban J connectivity index is 1.66. The van der Waals surface area contributed by atoms with Crippen LogP contribution >= 0.6 is 11.6 Å². The Morgan fingerprint density at radius 1 is 1.06 bits per heavy atom. The third-order valence-electron chi connectivity index (χ3n) is 9.08. The molecule has 1 aliphatic rings. The number of allylic oxidation sites excluding steroid dienone is 1. The van der Waals surface area contributed by atoms with E-state index in [1.165, 1.54) is 6.08 Å². The van der Waals surface area contributed by atoms with Crippen LogP contribution in [-0.2, 0) is 19.8 Å². The molecule has 3 amide bonds. The first-order valence-corrected chi connectivity index (χ1v) is 16.5. The summed E-state index contributed by atoms with van der Waals surface area (Å²) in [5, 5.41) is 15.9. The quantitative estimate of drug-likeness (QED) is 0.149. The Morgan fingerprint density at radius 2 is 1.74 bits per heavy atom. The molecule has 1 fully saturated rings. The summed E-state index contributed by atoms with van der Waals surface area (Å²) in [5.41, 5.74) is 2.42. The van der Waals surface area contributed by atoms with Crippen molar-refractivity contribution in [3.8, 4) is 0 Å². The third kappa shape index (κ3) is 8.09. The monoisotopic (exact) mass is 663 g/mol. The molecule has 0 aliphatic carbocycles. The largest absolute Gasteiger partial charge is 0.344 e. The summed E-state index contributed by atoms with van der Waals surface area (Å²) in [6.07, 6.45) is 2.53. The molecule has 11 nitrogen and oxygen atoms in total. The van der Waals surface area contributed by atoms with Gasteiger partial charge in [-0.15, -0.1) is 0 Å². The van der Waals surface area contributed by atoms with Gasteiger partial charge in [-0.3, -0.25) is 14.4 Å². The number of hydrogen-bond acceptors (Lipinski definition) is 6. The molecule has 1 saturated heterocycles. The van der Waals surface area contributed by atoms with Crippen molar-refractivity contribution >= 4 is 46.6 Å². The first-order valence-electron chi connectivity index (χ1n) is 16.1. The number of H-pyrrole nitrogens is 1. The number of fused-ring (bicyclic) bond motifs is 1. The van der Waals surface area contributed by atoms with E-state index < -0.39 is 17.5 Å². The number of nitrogens with one attached hydrogen (secondary N) is 4. The van der Waals surface area contributed by atoms with Crippen molar-refractivity contribution in [2.75, 3.05) is 40.3 Å². The number of rotatable bonds is 12. The van der Waals surface area contributed by atoms with Crippen molar-refractivity contribution in [2.45, 2.75) is 58.0 Å². The maximum absolute atomic E-state index is 13.6. The van der Waals surface area contributed by atoms with Crippen molar-refractivity contribution in [2.24, 2.45) is 5.92 Å². The molecule has 2 heterocycles. The molecule has 3 atom stereocenters. The average molecular weight is 664 g/mol. The van der Waals surface area contributed by atoms with Gasteiger partial charge >= 0.3 is 5.91 Å². The van der Waals surface area contributed by atoms with Crippen LogP contribution in [0, 0.1) is 11.3 Å². The van der Waals surface area contributed by atoms with Crippen LogP contribution in [-0.4, -0.2) is 90.0 Å². The van der Waals surface area contributed by atoms with Crippen LogP contribution < -0.4 is 16.0 Å². The molecule has 6 N–H and O–H groups in total. The number of imidazole rings is 1. The molecule has 4 rings (SSSR count). The second kappa shape index (κ2) is 15.2. The summed E-state index contributed by atoms with van der Waals surface area (Å²) in [6, 6.07) is 12.0. The number of quaternary nitrogens is 1. The molecule has 0 saturated carbocycles. The summed E-state index contributed by atoms with van der Waals surface area (Å²) in [6.45, 7) is 12.5. The van der Waals surface area contributed by atoms with Crippen molar-refractivity contribution in [3.05, 3.63) is 76.2 Å². The highest BCUT2D eigenvalue weighted by Crippen LogP contribution is 2.40. The molecule has 0 spiro atoms. The lowest BCUT2D eigenvalue weighted by atomic mass is 9.81. The summed E-state index contributed by atoms with van der Waals surface area (Å²) in [7, 11) is 3.78. The number of nitrogens with two attached hydrogens (primary N) is 1. The lowest BCUT2D eigenvalue weighted by Crippen LogP contribution is -2.80. The van der Waals surface area contributed by atoms with Crippen molar-refractivity contribution in [3.63, 3.8) is 0 Å². The van der Waals surface area contributed by atoms with Gasteiger partial charge in [0.2, 0.25) is 11.8 Å². The minimum Gasteiger partial charge on any atom is -0.344 e. The second-order valence-corrected chi connectivity index (χ2v) is 13.5. The Hall–Kier alpha value is -4.06. The van der Waals surface area contributed by atoms with E-state index in [0.29, 0.717) is 40.7 Å². The molecule has 0 radical (unpaired) electrons. The molecule has 0 bridgehead atoms. The lowest BCUT2D eigenvalue weighted by molar-refractivity contribution is -0.570. The van der Waals surface area contributed by atoms with Crippen LogP contribution in [0.5, 0.6) is 0 Å². The van der Waals surface area contributed by atoms with Gasteiger partial charge in [0.15, 0.2) is 5.70 Å². The zero-order chi connectivity index (χ0) is 34.5. The molecule has 2 aromatic carbocycles. The molecule has 3 aromatic rings. The minimum atomic E-state index is -0.953. The smallest absolute Gasteiger partial charge is 0.305 e. The summed E-state index contributed by atoms with van der Waals surface area (Å²) in [4.78, 5) is 52.4. The van der Waals surface area contributed by atoms with Crippen LogP contribution in [0.1, 0.15) is 63.5 Å². The molecule has 12 heteroatoms. The van der Waals surface area contributed by atoms with Crippen LogP contribution in [0.25, 0.3) is 11.0 Å². The highest BCUT2D eigenvalue weighted by Gasteiger charge is 2.36. The zero-order valence-corrected chi connectivity index (χ0v) is 29.1. The summed E-state index contributed by atoms with van der Waals surface area (Å²) < 4.78 is 0. The number of aromatic amines is 1. The topological polar surface area (TPSA) is 151 Å². The number of aromatic nitrogens is 2. The van der Waals surface area contributed by atoms with E-state index in [2.05, 4.69) is 34.4 Å². The number of amides is 3. The first-order chi connectivity index (χ1) is 22.3. The van der Waals surface area contributed by atoms with Gasteiger partial charge in [-0.05, 0) is 63.1 Å². The number of halogens is 1. The average Bonchev–Trinajstić information content (AvgIpc) is 3.47. The predicted molar refractivity (Wildman–Crippen MR) is 185 cm³/mol. The van der Waals surface area contributed by atoms with Gasteiger partial charge in [0.1, 0.15) is 11.9 Å². The van der Waals surface area contributed by atoms with E-state index in [-0.39, 0.29) is 29.6 Å². The second-order valence-electron chi connectivity index (χ2n) is 13.1. The summed E-state index contributed by atoms with van der Waals surface area (Å²) >= 11 is 6.70. The zero-order valence-electron chi connectivity index (χ0n) is 28.4. The van der Waals surface area contributed by atoms with Crippen molar-refractivity contribution in [1.82, 2.24) is 30.4 Å². The molecule has 3 unspecified atom stereocenters. The maximum atomic E-state index is 13.6. The Bertz CT molecular complexity index is 1640. The lowest BCUT2D eigenvalue weighted by Gasteiger charge is -2.34. The van der Waals surface area contributed by atoms with Crippen molar-refractivity contribution in [1.29, 1.82) is 5.41 Å². The van der Waals surface area contributed by atoms with Crippen LogP contribution in [0.2, 0.25) is 5.02 Å². The number of hydrogen-bond donors (Lipinski definition) is 5. The summed E-state index contributed by atoms with van der Waals surface area (Å²) in [5.74, 6) is -0.311. The number of benzene rings is 2. The molecular formula is C35H48ClN8O3+. The third-order valence-corrected chi connectivity index (χ3v) is 9.43. The van der Waals surface area contributed by atoms with Gasteiger partial charge in [0.25, 0.3) is 0 Å². The van der Waals surface area contributed by atoms with Crippen molar-refractivity contribution < 1.29 is 19.7 Å². The van der Waals surface area contributed by atoms with E-state index >= 15 is 0 Å². The fourth-order valence-electron chi connectivity index (χ4n) is 6.05. The van der Waals surface area contributed by atoms with Crippen LogP contribution in [0.3, 0.4) is 0 Å². The highest BCUT2D eigenvalue weighted by atomic mass is 35.5. The number of carbonyl (C=O) groups is 3. The number of carbonyl (C=O) groups excluding carboxylic acids is 3. The maximum Gasteiger partial charge on any atom is 0.305 e. The highest BCUT2D eigenvalue weighted by molar-refractivity contribution is 6.31. The van der Waals surface area contributed by atoms with Crippen LogP contribution in [0.15, 0.2) is 54.2 Å². The van der Waals surface area contributed by atoms with E-state index in [4.69, 9.17) is 22.0 Å². The van der Waals surface area contributed by atoms with E-state index in [0.717, 1.165) is 30.4 Å². The van der Waals surface area contributed by atoms with Gasteiger partial charge < -0.3 is 36.1 Å². The predicted octanol–water partition coefficient (Wildman–Crippen LogP) is 3.10. The standard InChI is InChI=1S/C35H47ClN8O3/c1-21(2)29(24-10-8-9-11-25(24)36)30(42-32(45)27(38-6)14-15-37)31-40-26-13-12-23(20-28(26)41-31)35(4,5)34(47)39-22(3)33(46)44-18-16-43(7)17-19-44/h8-15,20-22,29-30,37-38H,16-19H2,1-7H3,(H,39,47)(H,40,41)(H,42,45)/p+1. The fourth-order valence-corrected chi connectivity index (χ4v) is 6.31. The van der Waals surface area contributed by atoms with Gasteiger partial charge in [0.05, 0.1) is 29.5 Å². The Labute approximate surface area is 282 Å². The van der Waals surface area contributed by atoms with Gasteiger partial charge in [-0.2, -0.15) is 0 Å².